The first-order chi connectivity index (χ1) is 6.34. The lowest BCUT2D eigenvalue weighted by molar-refractivity contribution is -0.135. The van der Waals surface area contributed by atoms with Gasteiger partial charge in [0.2, 0.25) is 5.91 Å². The number of morpholine rings is 1. The predicted molar refractivity (Wildman–Crippen MR) is 51.9 cm³/mol. The van der Waals surface area contributed by atoms with E-state index in [2.05, 4.69) is 22.4 Å². The van der Waals surface area contributed by atoms with Crippen LogP contribution in [0.25, 0.3) is 0 Å². The number of thiocarbonyl (C=S) groups is 1. The maximum Gasteiger partial charge on any atom is 0.224 e. The van der Waals surface area contributed by atoms with Gasteiger partial charge in [-0.1, -0.05) is 0 Å². The normalized spacial score (nSPS) is 16.5. The van der Waals surface area contributed by atoms with Gasteiger partial charge < -0.3 is 9.64 Å². The van der Waals surface area contributed by atoms with Gasteiger partial charge in [0.05, 0.1) is 24.9 Å². The summed E-state index contributed by atoms with van der Waals surface area (Å²) in [6, 6.07) is 0. The third kappa shape index (κ3) is 3.63. The van der Waals surface area contributed by atoms with Crippen LogP contribution in [0.15, 0.2) is 4.99 Å². The Hall–Kier alpha value is -0.770. The molecule has 1 rings (SSSR count). The zero-order valence-corrected chi connectivity index (χ0v) is 8.18. The van der Waals surface area contributed by atoms with E-state index in [-0.39, 0.29) is 5.91 Å². The van der Waals surface area contributed by atoms with Crippen molar-refractivity contribution in [1.29, 1.82) is 0 Å². The van der Waals surface area contributed by atoms with Gasteiger partial charge in [0, 0.05) is 19.5 Å². The van der Waals surface area contributed by atoms with Crippen molar-refractivity contribution in [2.24, 2.45) is 4.99 Å². The molecule has 1 aliphatic rings. The van der Waals surface area contributed by atoms with Gasteiger partial charge in [0.15, 0.2) is 0 Å². The van der Waals surface area contributed by atoms with Gasteiger partial charge in [-0.2, -0.15) is 0 Å². The lowest BCUT2D eigenvalue weighted by atomic mass is 10.3. The molecule has 0 bridgehead atoms. The van der Waals surface area contributed by atoms with Crippen molar-refractivity contribution >= 4 is 23.3 Å². The first-order valence-corrected chi connectivity index (χ1v) is 4.64. The molecule has 0 aromatic heterocycles. The van der Waals surface area contributed by atoms with Crippen LogP contribution in [0, 0.1) is 0 Å². The molecule has 0 aromatic rings. The van der Waals surface area contributed by atoms with Gasteiger partial charge >= 0.3 is 0 Å². The third-order valence-electron chi connectivity index (χ3n) is 1.87. The van der Waals surface area contributed by atoms with Crippen LogP contribution in [0.1, 0.15) is 6.42 Å². The number of aliphatic imine (C=N–C) groups is 1. The summed E-state index contributed by atoms with van der Waals surface area (Å²) in [6.07, 6.45) is 0.420. The molecule has 4 nitrogen and oxygen atoms in total. The largest absolute Gasteiger partial charge is 0.378 e. The zero-order valence-electron chi connectivity index (χ0n) is 7.36. The van der Waals surface area contributed by atoms with E-state index in [1.807, 2.05) is 0 Å². The van der Waals surface area contributed by atoms with Crippen LogP contribution < -0.4 is 0 Å². The molecule has 0 radical (unpaired) electrons. The molecule has 1 amide bonds. The maximum absolute atomic E-state index is 11.4. The van der Waals surface area contributed by atoms with E-state index in [1.165, 1.54) is 0 Å². The van der Waals surface area contributed by atoms with Crippen molar-refractivity contribution in [2.75, 3.05) is 32.8 Å². The van der Waals surface area contributed by atoms with Gasteiger partial charge in [-0.3, -0.25) is 4.79 Å². The van der Waals surface area contributed by atoms with Crippen molar-refractivity contribution in [2.45, 2.75) is 6.42 Å². The number of amides is 1. The SMILES string of the molecule is O=C(CCN=C=S)N1CCOCC1. The van der Waals surface area contributed by atoms with E-state index in [0.29, 0.717) is 39.3 Å². The Morgan fingerprint density at radius 2 is 2.23 bits per heavy atom. The van der Waals surface area contributed by atoms with Gasteiger partial charge in [-0.15, -0.1) is 0 Å². The summed E-state index contributed by atoms with van der Waals surface area (Å²) in [5.41, 5.74) is 0. The van der Waals surface area contributed by atoms with Crippen molar-refractivity contribution in [3.05, 3.63) is 0 Å². The highest BCUT2D eigenvalue weighted by molar-refractivity contribution is 7.78. The zero-order chi connectivity index (χ0) is 9.52. The Bertz CT molecular complexity index is 220. The number of carbonyl (C=O) groups is 1. The molecular weight excluding hydrogens is 188 g/mol. The van der Waals surface area contributed by atoms with E-state index >= 15 is 0 Å². The molecule has 0 N–H and O–H groups in total. The van der Waals surface area contributed by atoms with Crippen LogP contribution >= 0.6 is 12.2 Å². The first-order valence-electron chi connectivity index (χ1n) is 4.24. The Kier molecular flexibility index (Phi) is 4.60. The van der Waals surface area contributed by atoms with E-state index < -0.39 is 0 Å². The summed E-state index contributed by atoms with van der Waals surface area (Å²) in [4.78, 5) is 16.9. The molecule has 1 aliphatic heterocycles. The van der Waals surface area contributed by atoms with E-state index in [9.17, 15) is 4.79 Å². The number of hydrogen-bond donors (Lipinski definition) is 0. The van der Waals surface area contributed by atoms with Crippen LogP contribution in [-0.2, 0) is 9.53 Å². The molecule has 0 spiro atoms. The second kappa shape index (κ2) is 5.80. The van der Waals surface area contributed by atoms with E-state index in [1.54, 1.807) is 4.90 Å². The lowest BCUT2D eigenvalue weighted by Gasteiger charge is -2.26. The summed E-state index contributed by atoms with van der Waals surface area (Å²) < 4.78 is 5.13. The van der Waals surface area contributed by atoms with Crippen LogP contribution in [-0.4, -0.2) is 48.8 Å². The molecule has 13 heavy (non-hydrogen) atoms. The third-order valence-corrected chi connectivity index (χ3v) is 1.99. The molecule has 0 atom stereocenters. The van der Waals surface area contributed by atoms with Crippen LogP contribution in [0.5, 0.6) is 0 Å². The smallest absolute Gasteiger partial charge is 0.224 e. The number of ether oxygens (including phenoxy) is 1. The molecule has 0 saturated carbocycles. The Labute approximate surface area is 82.6 Å². The summed E-state index contributed by atoms with van der Waals surface area (Å²) >= 11 is 4.40. The standard InChI is InChI=1S/C8H12N2O2S/c11-8(1-2-9-7-13)10-3-5-12-6-4-10/h1-6H2. The number of nitrogens with zero attached hydrogens (tertiary/aromatic N) is 2. The van der Waals surface area contributed by atoms with Gasteiger partial charge in [-0.05, 0) is 12.2 Å². The molecule has 0 aromatic carbocycles. The highest BCUT2D eigenvalue weighted by atomic mass is 32.1. The monoisotopic (exact) mass is 200 g/mol. The Morgan fingerprint density at radius 3 is 2.85 bits per heavy atom. The molecular formula is C8H12N2O2S. The fraction of sp³-hybridized carbons (Fsp3) is 0.750. The topological polar surface area (TPSA) is 41.9 Å². The highest BCUT2D eigenvalue weighted by Crippen LogP contribution is 1.99. The Morgan fingerprint density at radius 1 is 1.54 bits per heavy atom. The number of isothiocyanates is 1. The van der Waals surface area contributed by atoms with Crippen molar-refractivity contribution < 1.29 is 9.53 Å². The van der Waals surface area contributed by atoms with Crippen LogP contribution in [0.2, 0.25) is 0 Å². The number of carbonyl (C=O) groups excluding carboxylic acids is 1. The van der Waals surface area contributed by atoms with Crippen molar-refractivity contribution in [3.63, 3.8) is 0 Å². The average molecular weight is 200 g/mol. The summed E-state index contributed by atoms with van der Waals surface area (Å²) in [5, 5.41) is 2.24. The summed E-state index contributed by atoms with van der Waals surface area (Å²) in [7, 11) is 0. The van der Waals surface area contributed by atoms with Crippen molar-refractivity contribution in [1.82, 2.24) is 4.90 Å². The molecule has 0 aliphatic carbocycles. The maximum atomic E-state index is 11.4. The number of rotatable bonds is 3. The van der Waals surface area contributed by atoms with E-state index in [0.717, 1.165) is 0 Å². The molecule has 1 saturated heterocycles. The summed E-state index contributed by atoms with van der Waals surface area (Å²) in [6.45, 7) is 3.12. The average Bonchev–Trinajstić information content (AvgIpc) is 2.19. The molecule has 1 fully saturated rings. The lowest BCUT2D eigenvalue weighted by Crippen LogP contribution is -2.40. The molecule has 5 heteroatoms. The fourth-order valence-corrected chi connectivity index (χ4v) is 1.26. The second-order valence-corrected chi connectivity index (χ2v) is 2.90. The minimum absolute atomic E-state index is 0.123. The van der Waals surface area contributed by atoms with Crippen LogP contribution in [0.4, 0.5) is 0 Å². The number of hydrogen-bond acceptors (Lipinski definition) is 4. The second-order valence-electron chi connectivity index (χ2n) is 2.72. The van der Waals surface area contributed by atoms with E-state index in [4.69, 9.17) is 4.74 Å². The molecule has 0 unspecified atom stereocenters. The predicted octanol–water partition coefficient (Wildman–Crippen LogP) is 0.338. The fourth-order valence-electron chi connectivity index (χ4n) is 1.17. The highest BCUT2D eigenvalue weighted by Gasteiger charge is 2.15. The minimum Gasteiger partial charge on any atom is -0.378 e. The first kappa shape index (κ1) is 10.3. The van der Waals surface area contributed by atoms with Gasteiger partial charge in [0.1, 0.15) is 0 Å². The molecule has 72 valence electrons. The summed E-state index contributed by atoms with van der Waals surface area (Å²) in [5.74, 6) is 0.123. The minimum atomic E-state index is 0.123. The van der Waals surface area contributed by atoms with Crippen molar-refractivity contribution in [3.8, 4) is 0 Å². The quantitative estimate of drug-likeness (QED) is 0.487. The Balaban J connectivity index is 2.24. The van der Waals surface area contributed by atoms with Gasteiger partial charge in [0.25, 0.3) is 0 Å². The van der Waals surface area contributed by atoms with Crippen LogP contribution in [0.3, 0.4) is 0 Å². The van der Waals surface area contributed by atoms with Gasteiger partial charge in [-0.25, -0.2) is 4.99 Å². The molecule has 1 heterocycles.